The minimum Gasteiger partial charge on any atom is -0.461 e. The van der Waals surface area contributed by atoms with Gasteiger partial charge in [0.15, 0.2) is 15.8 Å². The van der Waals surface area contributed by atoms with E-state index in [9.17, 15) is 9.59 Å². The van der Waals surface area contributed by atoms with Crippen LogP contribution in [0.3, 0.4) is 0 Å². The number of carbonyl (C=O) groups excluding carboxylic acids is 2. The van der Waals surface area contributed by atoms with E-state index in [0.29, 0.717) is 45.5 Å². The molecule has 36 heavy (non-hydrogen) atoms. The van der Waals surface area contributed by atoms with Crippen molar-refractivity contribution in [1.82, 2.24) is 20.4 Å². The highest BCUT2D eigenvalue weighted by Gasteiger charge is 2.22. The molecule has 0 unspecified atom stereocenters. The maximum absolute atomic E-state index is 12.4. The maximum atomic E-state index is 12.4. The third-order valence-electron chi connectivity index (χ3n) is 5.20. The zero-order valence-electron chi connectivity index (χ0n) is 19.4. The van der Waals surface area contributed by atoms with Crippen LogP contribution in [-0.2, 0) is 20.8 Å². The predicted molar refractivity (Wildman–Crippen MR) is 139 cm³/mol. The van der Waals surface area contributed by atoms with Crippen LogP contribution in [0.5, 0.6) is 0 Å². The molecule has 3 heterocycles. The second-order valence-electron chi connectivity index (χ2n) is 7.86. The van der Waals surface area contributed by atoms with E-state index in [1.165, 1.54) is 29.2 Å². The molecule has 1 aliphatic heterocycles. The van der Waals surface area contributed by atoms with Crippen LogP contribution in [0, 0.1) is 0 Å². The Morgan fingerprint density at radius 1 is 1.31 bits per heavy atom. The fraction of sp³-hybridized carbons (Fsp3) is 0.391. The van der Waals surface area contributed by atoms with Gasteiger partial charge in [0.1, 0.15) is 5.69 Å². The highest BCUT2D eigenvalue weighted by molar-refractivity contribution is 8.01. The molecule has 1 atom stereocenters. The summed E-state index contributed by atoms with van der Waals surface area (Å²) in [5.41, 5.74) is 1.72. The molecule has 1 fully saturated rings. The molecule has 13 heteroatoms. The molecular formula is C23H24Cl2N4O5S2. The number of halogens is 2. The summed E-state index contributed by atoms with van der Waals surface area (Å²) in [5.74, 6) is -0.0675. The summed E-state index contributed by atoms with van der Waals surface area (Å²) < 4.78 is 16.6. The number of nitrogens with one attached hydrogen (secondary N) is 1. The quantitative estimate of drug-likeness (QED) is 0.280. The van der Waals surface area contributed by atoms with Crippen LogP contribution in [0.15, 0.2) is 38.5 Å². The van der Waals surface area contributed by atoms with Gasteiger partial charge in [0.05, 0.1) is 35.1 Å². The molecule has 4 rings (SSSR count). The van der Waals surface area contributed by atoms with Crippen LogP contribution in [0.2, 0.25) is 10.0 Å². The first kappa shape index (κ1) is 26.9. The summed E-state index contributed by atoms with van der Waals surface area (Å²) >= 11 is 14.8. The topological polar surface area (TPSA) is 107 Å². The number of thioether (sulfide) groups is 1. The van der Waals surface area contributed by atoms with Gasteiger partial charge in [-0.1, -0.05) is 46.2 Å². The second-order valence-corrected chi connectivity index (χ2v) is 10.8. The number of thiazole rings is 1. The summed E-state index contributed by atoms with van der Waals surface area (Å²) in [5, 5.41) is 9.52. The van der Waals surface area contributed by atoms with Gasteiger partial charge in [0.25, 0.3) is 0 Å². The Kier molecular flexibility index (Phi) is 9.63. The van der Waals surface area contributed by atoms with Crippen LogP contribution in [0.25, 0.3) is 11.5 Å². The number of ether oxygens (including phenoxy) is 2. The van der Waals surface area contributed by atoms with Crippen LogP contribution < -0.4 is 5.32 Å². The lowest BCUT2D eigenvalue weighted by molar-refractivity contribution is -0.119. The zero-order chi connectivity index (χ0) is 25.5. The van der Waals surface area contributed by atoms with Gasteiger partial charge in [-0.25, -0.2) is 9.78 Å². The van der Waals surface area contributed by atoms with Gasteiger partial charge in [-0.15, -0.1) is 11.3 Å². The molecule has 3 aromatic rings. The van der Waals surface area contributed by atoms with E-state index in [0.717, 1.165) is 18.7 Å². The molecule has 9 nitrogen and oxygen atoms in total. The number of hydrogen-bond donors (Lipinski definition) is 1. The fourth-order valence-electron chi connectivity index (χ4n) is 3.48. The highest BCUT2D eigenvalue weighted by Crippen LogP contribution is 2.29. The second kappa shape index (κ2) is 12.9. The van der Waals surface area contributed by atoms with Crippen molar-refractivity contribution in [2.45, 2.75) is 23.9 Å². The number of aromatic nitrogens is 2. The standard InChI is InChI=1S/C23H24Cl2N4O5S2/c1-2-32-22(31)18-8-20(34-28-18)19-12-35-23(27-19)36-13-21(30)26-9-15-11-29(5-6-33-15)10-14-3-4-16(24)17(25)7-14/h3-4,7-8,12,15H,2,5-6,9-11,13H2,1H3,(H,26,30)/t15-/m0/s1. The summed E-state index contributed by atoms with van der Waals surface area (Å²) in [7, 11) is 0. The number of nitrogens with zero attached hydrogens (tertiary/aromatic N) is 3. The number of hydrogen-bond acceptors (Lipinski definition) is 10. The van der Waals surface area contributed by atoms with Crippen LogP contribution in [0.4, 0.5) is 0 Å². The largest absolute Gasteiger partial charge is 0.461 e. The first-order chi connectivity index (χ1) is 17.4. The molecule has 1 saturated heterocycles. The Morgan fingerprint density at radius 2 is 2.17 bits per heavy atom. The Balaban J connectivity index is 1.20. The van der Waals surface area contributed by atoms with E-state index in [1.807, 2.05) is 12.1 Å². The molecule has 0 saturated carbocycles. The minimum atomic E-state index is -0.548. The Bertz CT molecular complexity index is 1200. The number of rotatable bonds is 10. The number of benzene rings is 1. The molecule has 1 aliphatic rings. The van der Waals surface area contributed by atoms with Gasteiger partial charge >= 0.3 is 5.97 Å². The number of esters is 1. The van der Waals surface area contributed by atoms with Gasteiger partial charge < -0.3 is 19.3 Å². The van der Waals surface area contributed by atoms with Gasteiger partial charge in [-0.3, -0.25) is 9.69 Å². The highest BCUT2D eigenvalue weighted by atomic mass is 35.5. The van der Waals surface area contributed by atoms with E-state index in [2.05, 4.69) is 20.4 Å². The normalized spacial score (nSPS) is 16.1. The first-order valence-corrected chi connectivity index (χ1v) is 13.8. The third-order valence-corrected chi connectivity index (χ3v) is 7.96. The first-order valence-electron chi connectivity index (χ1n) is 11.2. The van der Waals surface area contributed by atoms with Crippen molar-refractivity contribution >= 4 is 58.2 Å². The van der Waals surface area contributed by atoms with Gasteiger partial charge in [-0.2, -0.15) is 0 Å². The summed E-state index contributed by atoms with van der Waals surface area (Å²) in [6.07, 6.45) is -0.0954. The van der Waals surface area contributed by atoms with Crippen molar-refractivity contribution in [3.8, 4) is 11.5 Å². The van der Waals surface area contributed by atoms with E-state index >= 15 is 0 Å². The third kappa shape index (κ3) is 7.44. The number of morpholine rings is 1. The summed E-state index contributed by atoms with van der Waals surface area (Å²) in [4.78, 5) is 30.8. The SMILES string of the molecule is CCOC(=O)c1cc(-c2csc(SCC(=O)NC[C@H]3CN(Cc4ccc(Cl)c(Cl)c4)CCO3)n2)on1. The molecule has 0 radical (unpaired) electrons. The Labute approximate surface area is 226 Å². The predicted octanol–water partition coefficient (Wildman–Crippen LogP) is 4.39. The van der Waals surface area contributed by atoms with E-state index < -0.39 is 5.97 Å². The van der Waals surface area contributed by atoms with E-state index in [4.69, 9.17) is 37.2 Å². The minimum absolute atomic E-state index is 0.0916. The Hall–Kier alpha value is -2.15. The molecule has 1 N–H and O–H groups in total. The lowest BCUT2D eigenvalue weighted by Gasteiger charge is -2.33. The molecule has 192 valence electrons. The van der Waals surface area contributed by atoms with Crippen molar-refractivity contribution in [3.05, 3.63) is 50.9 Å². The lowest BCUT2D eigenvalue weighted by Crippen LogP contribution is -2.47. The molecule has 1 amide bonds. The van der Waals surface area contributed by atoms with Gasteiger partial charge in [0.2, 0.25) is 5.91 Å². The molecule has 0 bridgehead atoms. The summed E-state index contributed by atoms with van der Waals surface area (Å²) in [6.45, 7) is 5.24. The van der Waals surface area contributed by atoms with Crippen LogP contribution in [0.1, 0.15) is 23.0 Å². The van der Waals surface area contributed by atoms with E-state index in [-0.39, 0.29) is 30.1 Å². The van der Waals surface area contributed by atoms with E-state index in [1.54, 1.807) is 18.4 Å². The Morgan fingerprint density at radius 3 is 2.97 bits per heavy atom. The molecule has 0 spiro atoms. The monoisotopic (exact) mass is 570 g/mol. The van der Waals surface area contributed by atoms with Gasteiger partial charge in [-0.05, 0) is 24.6 Å². The van der Waals surface area contributed by atoms with Crippen molar-refractivity contribution in [3.63, 3.8) is 0 Å². The van der Waals surface area contributed by atoms with Crippen LogP contribution in [-0.4, -0.2) is 71.6 Å². The van der Waals surface area contributed by atoms with Crippen molar-refractivity contribution in [2.24, 2.45) is 0 Å². The smallest absolute Gasteiger partial charge is 0.360 e. The van der Waals surface area contributed by atoms with Crippen LogP contribution >= 0.6 is 46.3 Å². The van der Waals surface area contributed by atoms with Crippen molar-refractivity contribution in [1.29, 1.82) is 0 Å². The number of carbonyl (C=O) groups is 2. The average Bonchev–Trinajstić information content (AvgIpc) is 3.54. The van der Waals surface area contributed by atoms with Gasteiger partial charge in [0, 0.05) is 37.6 Å². The molecule has 0 aliphatic carbocycles. The maximum Gasteiger partial charge on any atom is 0.360 e. The molecule has 1 aromatic carbocycles. The number of amides is 1. The lowest BCUT2D eigenvalue weighted by atomic mass is 10.2. The molecular weight excluding hydrogens is 547 g/mol. The van der Waals surface area contributed by atoms with Crippen molar-refractivity contribution < 1.29 is 23.6 Å². The zero-order valence-corrected chi connectivity index (χ0v) is 22.5. The summed E-state index contributed by atoms with van der Waals surface area (Å²) in [6, 6.07) is 7.12. The molecule has 2 aromatic heterocycles. The fourth-order valence-corrected chi connectivity index (χ4v) is 5.45. The average molecular weight is 572 g/mol. The van der Waals surface area contributed by atoms with Crippen molar-refractivity contribution in [2.75, 3.05) is 38.6 Å².